The van der Waals surface area contributed by atoms with Crippen molar-refractivity contribution in [2.45, 2.75) is 45.3 Å². The van der Waals surface area contributed by atoms with Gasteiger partial charge in [0, 0.05) is 25.2 Å². The molecule has 0 heterocycles. The molecule has 1 rings (SSSR count). The summed E-state index contributed by atoms with van der Waals surface area (Å²) in [5, 5.41) is 3.45. The third-order valence-corrected chi connectivity index (χ3v) is 4.29. The second-order valence-electron chi connectivity index (χ2n) is 5.57. The first-order valence-corrected chi connectivity index (χ1v) is 7.52. The van der Waals surface area contributed by atoms with Gasteiger partial charge in [0.2, 0.25) is 0 Å². The van der Waals surface area contributed by atoms with Gasteiger partial charge in [-0.05, 0) is 45.5 Å². The van der Waals surface area contributed by atoms with E-state index < -0.39 is 0 Å². The number of nitrogens with one attached hydrogen (secondary N) is 1. The number of hydrogen-bond donors (Lipinski definition) is 1. The number of aryl methyl sites for hydroxylation is 1. The fraction of sp³-hybridized carbons (Fsp3) is 0.647. The van der Waals surface area contributed by atoms with Crippen molar-refractivity contribution < 1.29 is 4.74 Å². The minimum absolute atomic E-state index is 0.324. The van der Waals surface area contributed by atoms with Crippen LogP contribution in [-0.4, -0.2) is 44.8 Å². The van der Waals surface area contributed by atoms with Crippen LogP contribution >= 0.6 is 0 Å². The zero-order chi connectivity index (χ0) is 15.1. The third kappa shape index (κ3) is 4.30. The molecule has 0 radical (unpaired) electrons. The highest BCUT2D eigenvalue weighted by Gasteiger charge is 2.24. The Kier molecular flexibility index (Phi) is 7.20. The summed E-state index contributed by atoms with van der Waals surface area (Å²) in [5.41, 5.74) is 2.73. The van der Waals surface area contributed by atoms with Gasteiger partial charge >= 0.3 is 0 Å². The molecule has 0 bridgehead atoms. The first kappa shape index (κ1) is 17.2. The van der Waals surface area contributed by atoms with Gasteiger partial charge in [-0.15, -0.1) is 0 Å². The molecule has 0 spiro atoms. The van der Waals surface area contributed by atoms with Crippen molar-refractivity contribution in [1.82, 2.24) is 10.2 Å². The summed E-state index contributed by atoms with van der Waals surface area (Å²) < 4.78 is 5.26. The number of benzene rings is 1. The van der Waals surface area contributed by atoms with E-state index in [2.05, 4.69) is 62.3 Å². The summed E-state index contributed by atoms with van der Waals surface area (Å²) in [6, 6.07) is 10.1. The van der Waals surface area contributed by atoms with Gasteiger partial charge in [-0.3, -0.25) is 4.90 Å². The summed E-state index contributed by atoms with van der Waals surface area (Å²) in [7, 11) is 5.96. The minimum atomic E-state index is 0.324. The maximum absolute atomic E-state index is 5.26. The number of methoxy groups -OCH3 is 1. The van der Waals surface area contributed by atoms with Gasteiger partial charge in [0.25, 0.3) is 0 Å². The molecule has 0 saturated carbocycles. The van der Waals surface area contributed by atoms with Gasteiger partial charge in [0.1, 0.15) is 0 Å². The zero-order valence-electron chi connectivity index (χ0n) is 13.8. The lowest BCUT2D eigenvalue weighted by Gasteiger charge is -2.36. The van der Waals surface area contributed by atoms with Crippen molar-refractivity contribution in [3.05, 3.63) is 35.4 Å². The quantitative estimate of drug-likeness (QED) is 0.791. The molecule has 3 heteroatoms. The molecule has 3 atom stereocenters. The smallest absolute Gasteiger partial charge is 0.0615 e. The van der Waals surface area contributed by atoms with E-state index in [1.807, 2.05) is 7.05 Å². The van der Waals surface area contributed by atoms with Gasteiger partial charge in [0.15, 0.2) is 0 Å². The molecule has 0 fully saturated rings. The fourth-order valence-corrected chi connectivity index (χ4v) is 2.64. The van der Waals surface area contributed by atoms with E-state index in [0.29, 0.717) is 18.1 Å². The first-order chi connectivity index (χ1) is 9.54. The standard InChI is InChI=1S/C17H30N2O/c1-7-15-8-10-16(11-9-15)17(18-4)14(3)19(5)13(2)12-20-6/h8-11,13-14,17-18H,7,12H2,1-6H3. The molecule has 0 aliphatic heterocycles. The average molecular weight is 278 g/mol. The van der Waals surface area contributed by atoms with Crippen LogP contribution in [0.4, 0.5) is 0 Å². The summed E-state index contributed by atoms with van der Waals surface area (Å²) in [6.45, 7) is 7.41. The lowest BCUT2D eigenvalue weighted by Crippen LogP contribution is -2.45. The van der Waals surface area contributed by atoms with E-state index in [1.165, 1.54) is 11.1 Å². The number of nitrogens with zero attached hydrogens (tertiary/aromatic N) is 1. The second kappa shape index (κ2) is 8.40. The Bertz CT molecular complexity index is 377. The Balaban J connectivity index is 2.82. The van der Waals surface area contributed by atoms with Crippen LogP contribution < -0.4 is 5.32 Å². The predicted molar refractivity (Wildman–Crippen MR) is 86.2 cm³/mol. The van der Waals surface area contributed by atoms with Crippen molar-refractivity contribution in [2.24, 2.45) is 0 Å². The average Bonchev–Trinajstić information content (AvgIpc) is 2.48. The van der Waals surface area contributed by atoms with Gasteiger partial charge in [-0.1, -0.05) is 31.2 Å². The number of ether oxygens (including phenoxy) is 1. The molecular weight excluding hydrogens is 248 g/mol. The Morgan fingerprint density at radius 3 is 2.25 bits per heavy atom. The highest BCUT2D eigenvalue weighted by molar-refractivity contribution is 5.26. The molecule has 3 unspecified atom stereocenters. The maximum atomic E-state index is 5.26. The Labute approximate surface area is 124 Å². The predicted octanol–water partition coefficient (Wildman–Crippen LogP) is 2.86. The number of rotatable bonds is 8. The van der Waals surface area contributed by atoms with E-state index >= 15 is 0 Å². The molecular formula is C17H30N2O. The molecule has 3 nitrogen and oxygen atoms in total. The molecule has 0 aromatic heterocycles. The van der Waals surface area contributed by atoms with Crippen LogP contribution in [0.25, 0.3) is 0 Å². The van der Waals surface area contributed by atoms with Crippen molar-refractivity contribution in [3.8, 4) is 0 Å². The largest absolute Gasteiger partial charge is 0.383 e. The lowest BCUT2D eigenvalue weighted by atomic mass is 9.97. The Morgan fingerprint density at radius 1 is 1.20 bits per heavy atom. The Hall–Kier alpha value is -0.900. The third-order valence-electron chi connectivity index (χ3n) is 4.29. The molecule has 0 aliphatic carbocycles. The fourth-order valence-electron chi connectivity index (χ4n) is 2.64. The topological polar surface area (TPSA) is 24.5 Å². The number of likely N-dealkylation sites (N-methyl/N-ethyl adjacent to an activating group) is 2. The lowest BCUT2D eigenvalue weighted by molar-refractivity contribution is 0.0821. The van der Waals surface area contributed by atoms with Crippen LogP contribution in [0.15, 0.2) is 24.3 Å². The van der Waals surface area contributed by atoms with E-state index in [0.717, 1.165) is 13.0 Å². The van der Waals surface area contributed by atoms with Crippen LogP contribution in [0.5, 0.6) is 0 Å². The van der Waals surface area contributed by atoms with E-state index in [-0.39, 0.29) is 0 Å². The van der Waals surface area contributed by atoms with E-state index in [1.54, 1.807) is 7.11 Å². The van der Waals surface area contributed by atoms with Gasteiger partial charge in [-0.2, -0.15) is 0 Å². The van der Waals surface area contributed by atoms with Crippen LogP contribution in [-0.2, 0) is 11.2 Å². The summed E-state index contributed by atoms with van der Waals surface area (Å²) >= 11 is 0. The van der Waals surface area contributed by atoms with Crippen LogP contribution in [0.2, 0.25) is 0 Å². The summed E-state index contributed by atoms with van der Waals surface area (Å²) in [4.78, 5) is 2.37. The normalized spacial score (nSPS) is 16.1. The van der Waals surface area contributed by atoms with Gasteiger partial charge in [0.05, 0.1) is 6.61 Å². The summed E-state index contributed by atoms with van der Waals surface area (Å²) in [6.07, 6.45) is 1.09. The van der Waals surface area contributed by atoms with Crippen molar-refractivity contribution in [3.63, 3.8) is 0 Å². The Morgan fingerprint density at radius 2 is 1.80 bits per heavy atom. The molecule has 1 aromatic carbocycles. The van der Waals surface area contributed by atoms with Gasteiger partial charge < -0.3 is 10.1 Å². The molecule has 1 aromatic rings. The molecule has 1 N–H and O–H groups in total. The molecule has 0 saturated heterocycles. The number of hydrogen-bond acceptors (Lipinski definition) is 3. The minimum Gasteiger partial charge on any atom is -0.383 e. The monoisotopic (exact) mass is 278 g/mol. The first-order valence-electron chi connectivity index (χ1n) is 7.52. The van der Waals surface area contributed by atoms with Crippen molar-refractivity contribution >= 4 is 0 Å². The van der Waals surface area contributed by atoms with Crippen LogP contribution in [0, 0.1) is 0 Å². The van der Waals surface area contributed by atoms with Crippen molar-refractivity contribution in [2.75, 3.05) is 27.8 Å². The molecule has 0 amide bonds. The van der Waals surface area contributed by atoms with E-state index in [9.17, 15) is 0 Å². The molecule has 20 heavy (non-hydrogen) atoms. The van der Waals surface area contributed by atoms with E-state index in [4.69, 9.17) is 4.74 Å². The highest BCUT2D eigenvalue weighted by atomic mass is 16.5. The second-order valence-corrected chi connectivity index (χ2v) is 5.57. The summed E-state index contributed by atoms with van der Waals surface area (Å²) in [5.74, 6) is 0. The zero-order valence-corrected chi connectivity index (χ0v) is 13.8. The molecule has 0 aliphatic rings. The van der Waals surface area contributed by atoms with Crippen LogP contribution in [0.1, 0.15) is 37.9 Å². The van der Waals surface area contributed by atoms with Crippen molar-refractivity contribution in [1.29, 1.82) is 0 Å². The SMILES string of the molecule is CCc1ccc(C(NC)C(C)N(C)C(C)COC)cc1. The molecule has 114 valence electrons. The van der Waals surface area contributed by atoms with Gasteiger partial charge in [-0.25, -0.2) is 0 Å². The highest BCUT2D eigenvalue weighted by Crippen LogP contribution is 2.22. The van der Waals surface area contributed by atoms with Crippen LogP contribution in [0.3, 0.4) is 0 Å². The maximum Gasteiger partial charge on any atom is 0.0615 e.